The first-order chi connectivity index (χ1) is 5.93. The summed E-state index contributed by atoms with van der Waals surface area (Å²) in [6.45, 7) is 3.63. The molecule has 0 aliphatic carbocycles. The van der Waals surface area contributed by atoms with E-state index >= 15 is 0 Å². The minimum absolute atomic E-state index is 1.17. The number of halogens is 4. The zero-order valence-corrected chi connectivity index (χ0v) is 10.5. The fourth-order valence-corrected chi connectivity index (χ4v) is 0.589. The van der Waals surface area contributed by atoms with E-state index < -0.39 is 4.67 Å². The van der Waals surface area contributed by atoms with Crippen molar-refractivity contribution in [1.29, 1.82) is 0 Å². The average molecular weight is 277 g/mol. The lowest BCUT2D eigenvalue weighted by Gasteiger charge is -1.85. The van der Waals surface area contributed by atoms with Crippen LogP contribution in [0.15, 0.2) is 36.9 Å². The molecule has 72 valence electrons. The van der Waals surface area contributed by atoms with E-state index in [0.29, 0.717) is 0 Å². The Morgan fingerprint density at radius 3 is 1.62 bits per heavy atom. The van der Waals surface area contributed by atoms with Gasteiger partial charge in [0.05, 0.1) is 0 Å². The predicted octanol–water partition coefficient (Wildman–Crippen LogP) is 5.95. The Labute approximate surface area is 97.9 Å². The van der Waals surface area contributed by atoms with Crippen molar-refractivity contribution in [1.82, 2.24) is 0 Å². The summed E-state index contributed by atoms with van der Waals surface area (Å²) in [7, 11) is 0. The van der Waals surface area contributed by atoms with E-state index in [1.54, 1.807) is 0 Å². The molecule has 0 aliphatic heterocycles. The van der Waals surface area contributed by atoms with Crippen LogP contribution < -0.4 is 0 Å². The van der Waals surface area contributed by atoms with Gasteiger partial charge in [-0.05, 0) is 5.56 Å². The number of benzene rings is 1. The average Bonchev–Trinajstić information content (AvgIpc) is 2.03. The molecular formula is C8H8Cl4P+. The molecule has 1 aromatic carbocycles. The number of hydrogen-bond donors (Lipinski definition) is 0. The Bertz CT molecular complexity index is 236. The molecule has 1 aromatic rings. The summed E-state index contributed by atoms with van der Waals surface area (Å²) in [6, 6.07) is 10.0. The highest BCUT2D eigenvalue weighted by Crippen LogP contribution is 2.78. The van der Waals surface area contributed by atoms with Gasteiger partial charge in [-0.2, -0.15) is 0 Å². The second-order valence-electron chi connectivity index (χ2n) is 2.00. The largest absolute Gasteiger partial charge is 0.402 e. The Morgan fingerprint density at radius 2 is 1.38 bits per heavy atom. The minimum Gasteiger partial charge on any atom is -0.0985 e. The molecule has 0 fully saturated rings. The molecule has 0 atom stereocenters. The van der Waals surface area contributed by atoms with Crippen molar-refractivity contribution < 1.29 is 0 Å². The molecule has 13 heavy (non-hydrogen) atoms. The monoisotopic (exact) mass is 275 g/mol. The molecule has 5 heteroatoms. The SMILES string of the molecule is C=Cc1ccccc1.Cl[P+](Cl)(Cl)Cl. The number of hydrogen-bond acceptors (Lipinski definition) is 0. The first kappa shape index (κ1) is 13.5. The summed E-state index contributed by atoms with van der Waals surface area (Å²) in [5.74, 6) is 0. The molecule has 0 aliphatic rings. The first-order valence-electron chi connectivity index (χ1n) is 3.28. The fourth-order valence-electron chi connectivity index (χ4n) is 0.589. The summed E-state index contributed by atoms with van der Waals surface area (Å²) in [5.41, 5.74) is 1.17. The first-order valence-corrected chi connectivity index (χ1v) is 8.69. The zero-order chi connectivity index (χ0) is 10.3. The van der Waals surface area contributed by atoms with Crippen LogP contribution in [-0.4, -0.2) is 0 Å². The van der Waals surface area contributed by atoms with Crippen molar-refractivity contribution in [2.45, 2.75) is 0 Å². The van der Waals surface area contributed by atoms with Crippen molar-refractivity contribution in [2.75, 3.05) is 0 Å². The lowest BCUT2D eigenvalue weighted by molar-refractivity contribution is 1.67. The van der Waals surface area contributed by atoms with Crippen molar-refractivity contribution in [3.05, 3.63) is 42.5 Å². The highest BCUT2D eigenvalue weighted by Gasteiger charge is 2.28. The van der Waals surface area contributed by atoms with Crippen LogP contribution in [-0.2, 0) is 0 Å². The molecule has 0 nitrogen and oxygen atoms in total. The molecule has 0 spiro atoms. The van der Waals surface area contributed by atoms with Crippen molar-refractivity contribution in [3.8, 4) is 0 Å². The molecule has 0 aromatic heterocycles. The highest BCUT2D eigenvalue weighted by molar-refractivity contribution is 8.46. The maximum atomic E-state index is 4.94. The summed E-state index contributed by atoms with van der Waals surface area (Å²) >= 11 is 19.8. The number of rotatable bonds is 1. The Kier molecular flexibility index (Phi) is 7.22. The highest BCUT2D eigenvalue weighted by atomic mass is 36.2. The predicted molar refractivity (Wildman–Crippen MR) is 66.9 cm³/mol. The van der Waals surface area contributed by atoms with Crippen LogP contribution >= 0.6 is 49.6 Å². The van der Waals surface area contributed by atoms with Gasteiger partial charge in [0.15, 0.2) is 0 Å². The van der Waals surface area contributed by atoms with Crippen molar-refractivity contribution in [2.24, 2.45) is 0 Å². The third-order valence-electron chi connectivity index (χ3n) is 1.04. The van der Waals surface area contributed by atoms with Crippen molar-refractivity contribution >= 4 is 55.7 Å². The molecule has 0 amide bonds. The molecule has 0 bridgehead atoms. The van der Waals surface area contributed by atoms with Gasteiger partial charge in [0.1, 0.15) is 45.0 Å². The van der Waals surface area contributed by atoms with E-state index in [1.807, 2.05) is 36.4 Å². The van der Waals surface area contributed by atoms with Gasteiger partial charge in [0.25, 0.3) is 0 Å². The van der Waals surface area contributed by atoms with Gasteiger partial charge in [0, 0.05) is 0 Å². The van der Waals surface area contributed by atoms with Crippen LogP contribution in [0.5, 0.6) is 0 Å². The van der Waals surface area contributed by atoms with E-state index in [0.717, 1.165) is 0 Å². The van der Waals surface area contributed by atoms with E-state index in [9.17, 15) is 0 Å². The lowest BCUT2D eigenvalue weighted by atomic mass is 10.2. The molecule has 0 radical (unpaired) electrons. The Balaban J connectivity index is 0.000000252. The molecule has 0 heterocycles. The van der Waals surface area contributed by atoms with Gasteiger partial charge >= 0.3 is 4.67 Å². The smallest absolute Gasteiger partial charge is 0.0985 e. The van der Waals surface area contributed by atoms with Crippen LogP contribution in [0.1, 0.15) is 5.56 Å². The van der Waals surface area contributed by atoms with Crippen LogP contribution in [0.25, 0.3) is 6.08 Å². The molecule has 0 unspecified atom stereocenters. The topological polar surface area (TPSA) is 0 Å². The van der Waals surface area contributed by atoms with E-state index in [1.165, 1.54) is 5.56 Å². The van der Waals surface area contributed by atoms with Gasteiger partial charge in [-0.15, -0.1) is 0 Å². The van der Waals surface area contributed by atoms with Gasteiger partial charge in [-0.1, -0.05) is 43.0 Å². The Morgan fingerprint density at radius 1 is 1.00 bits per heavy atom. The molecule has 0 N–H and O–H groups in total. The molecule has 0 saturated heterocycles. The second-order valence-corrected chi connectivity index (χ2v) is 12.0. The summed E-state index contributed by atoms with van der Waals surface area (Å²) < 4.78 is -2.50. The third-order valence-corrected chi connectivity index (χ3v) is 1.04. The van der Waals surface area contributed by atoms with E-state index in [4.69, 9.17) is 45.0 Å². The van der Waals surface area contributed by atoms with E-state index in [-0.39, 0.29) is 0 Å². The summed E-state index contributed by atoms with van der Waals surface area (Å²) in [4.78, 5) is 0. The normalized spacial score (nSPS) is 9.85. The van der Waals surface area contributed by atoms with E-state index in [2.05, 4.69) is 6.58 Å². The maximum absolute atomic E-state index is 4.94. The van der Waals surface area contributed by atoms with Crippen LogP contribution in [0.3, 0.4) is 0 Å². The second kappa shape index (κ2) is 6.92. The van der Waals surface area contributed by atoms with Crippen molar-refractivity contribution in [3.63, 3.8) is 0 Å². The fraction of sp³-hybridized carbons (Fsp3) is 0. The van der Waals surface area contributed by atoms with Gasteiger partial charge < -0.3 is 0 Å². The maximum Gasteiger partial charge on any atom is 0.402 e. The van der Waals surface area contributed by atoms with Gasteiger partial charge in [-0.3, -0.25) is 0 Å². The van der Waals surface area contributed by atoms with Crippen LogP contribution in [0.4, 0.5) is 0 Å². The minimum atomic E-state index is -2.50. The molecule has 0 saturated carbocycles. The summed E-state index contributed by atoms with van der Waals surface area (Å²) in [6.07, 6.45) is 1.83. The van der Waals surface area contributed by atoms with Crippen LogP contribution in [0.2, 0.25) is 0 Å². The van der Waals surface area contributed by atoms with Gasteiger partial charge in [-0.25, -0.2) is 0 Å². The zero-order valence-electron chi connectivity index (χ0n) is 6.63. The third kappa shape index (κ3) is 12.5. The van der Waals surface area contributed by atoms with Gasteiger partial charge in [0.2, 0.25) is 0 Å². The molecular weight excluding hydrogens is 269 g/mol. The quantitative estimate of drug-likeness (QED) is 0.556. The lowest BCUT2D eigenvalue weighted by Crippen LogP contribution is -1.63. The Hall–Kier alpha value is 0.550. The molecule has 1 rings (SSSR count). The van der Waals surface area contributed by atoms with Crippen LogP contribution in [0, 0.1) is 0 Å². The summed E-state index contributed by atoms with van der Waals surface area (Å²) in [5, 5.41) is 0. The standard InChI is InChI=1S/C8H8.Cl4P/c1-2-8-6-4-3-5-7-8;1-5(2,3)4/h2-7H,1H2;/q;+1.